The minimum absolute atomic E-state index is 0.0169. The highest BCUT2D eigenvalue weighted by molar-refractivity contribution is 6.33. The molecule has 8 heteroatoms. The minimum Gasteiger partial charge on any atom is -0.504 e. The van der Waals surface area contributed by atoms with Crippen molar-refractivity contribution in [3.8, 4) is 11.5 Å². The van der Waals surface area contributed by atoms with Crippen LogP contribution in [-0.4, -0.2) is 30.2 Å². The van der Waals surface area contributed by atoms with Crippen LogP contribution in [0.25, 0.3) is 0 Å². The summed E-state index contributed by atoms with van der Waals surface area (Å²) >= 11 is 5.95. The lowest BCUT2D eigenvalue weighted by Gasteiger charge is -2.06. The number of nitrogens with one attached hydrogen (secondary N) is 2. The number of carbonyl (C=O) groups is 2. The molecule has 2 aromatic rings. The van der Waals surface area contributed by atoms with Crippen LogP contribution in [0.4, 0.5) is 5.69 Å². The van der Waals surface area contributed by atoms with E-state index in [0.29, 0.717) is 22.0 Å². The van der Waals surface area contributed by atoms with Crippen molar-refractivity contribution in [2.24, 2.45) is 5.10 Å². The van der Waals surface area contributed by atoms with Gasteiger partial charge in [-0.15, -0.1) is 0 Å². The Bertz CT molecular complexity index is 824. The van der Waals surface area contributed by atoms with Crippen molar-refractivity contribution in [2.45, 2.75) is 12.8 Å². The first-order valence-corrected chi connectivity index (χ1v) is 8.11. The number of phenolic OH excluding ortho intramolecular Hbond substituents is 1. The second-order valence-electron chi connectivity index (χ2n) is 5.22. The molecule has 136 valence electrons. The lowest BCUT2D eigenvalue weighted by molar-refractivity contribution is -0.124. The topological polar surface area (TPSA) is 100 Å². The second-order valence-corrected chi connectivity index (χ2v) is 5.63. The van der Waals surface area contributed by atoms with Gasteiger partial charge < -0.3 is 15.2 Å². The molecule has 7 nitrogen and oxygen atoms in total. The van der Waals surface area contributed by atoms with E-state index in [-0.39, 0.29) is 24.5 Å². The first-order chi connectivity index (χ1) is 12.5. The van der Waals surface area contributed by atoms with Crippen molar-refractivity contribution < 1.29 is 19.4 Å². The molecule has 0 aliphatic rings. The molecule has 0 radical (unpaired) electrons. The molecule has 0 saturated heterocycles. The standard InChI is InChI=1S/C18H18ClN3O4/c1-26-15-8-4-5-12(18(15)25)11-20-22-17(24)10-9-16(23)21-14-7-3-2-6-13(14)19/h2-8,11,25H,9-10H2,1H3,(H,21,23)(H,22,24). The molecule has 2 rings (SSSR count). The maximum atomic E-state index is 11.8. The Morgan fingerprint density at radius 1 is 1.15 bits per heavy atom. The van der Waals surface area contributed by atoms with Crippen LogP contribution in [0.3, 0.4) is 0 Å². The SMILES string of the molecule is COc1cccc(C=NNC(=O)CCC(=O)Nc2ccccc2Cl)c1O. The summed E-state index contributed by atoms with van der Waals surface area (Å²) in [4.78, 5) is 23.6. The van der Waals surface area contributed by atoms with Crippen molar-refractivity contribution in [3.63, 3.8) is 0 Å². The molecule has 0 aliphatic heterocycles. The van der Waals surface area contributed by atoms with Crippen LogP contribution in [-0.2, 0) is 9.59 Å². The van der Waals surface area contributed by atoms with Crippen LogP contribution in [0.5, 0.6) is 11.5 Å². The number of carbonyl (C=O) groups excluding carboxylic acids is 2. The first-order valence-electron chi connectivity index (χ1n) is 7.73. The average molecular weight is 376 g/mol. The summed E-state index contributed by atoms with van der Waals surface area (Å²) in [7, 11) is 1.44. The Labute approximate surface area is 155 Å². The van der Waals surface area contributed by atoms with Crippen LogP contribution < -0.4 is 15.5 Å². The Morgan fingerprint density at radius 3 is 2.62 bits per heavy atom. The van der Waals surface area contributed by atoms with Gasteiger partial charge in [0, 0.05) is 18.4 Å². The number of halogens is 1. The van der Waals surface area contributed by atoms with E-state index < -0.39 is 5.91 Å². The molecule has 2 aromatic carbocycles. The number of benzene rings is 2. The molecular weight excluding hydrogens is 358 g/mol. The predicted octanol–water partition coefficient (Wildman–Crippen LogP) is 2.92. The molecule has 0 bridgehead atoms. The smallest absolute Gasteiger partial charge is 0.240 e. The fourth-order valence-electron chi connectivity index (χ4n) is 2.04. The third-order valence-corrected chi connectivity index (χ3v) is 3.70. The van der Waals surface area contributed by atoms with E-state index in [0.717, 1.165) is 0 Å². The zero-order chi connectivity index (χ0) is 18.9. The van der Waals surface area contributed by atoms with Crippen molar-refractivity contribution in [3.05, 3.63) is 53.1 Å². The Kier molecular flexibility index (Phi) is 6.99. The number of hydrazone groups is 1. The highest BCUT2D eigenvalue weighted by atomic mass is 35.5. The monoisotopic (exact) mass is 375 g/mol. The number of anilines is 1. The maximum absolute atomic E-state index is 11.8. The van der Waals surface area contributed by atoms with Gasteiger partial charge in [-0.3, -0.25) is 9.59 Å². The summed E-state index contributed by atoms with van der Waals surface area (Å²) in [5.74, 6) is -0.538. The molecule has 26 heavy (non-hydrogen) atoms. The van der Waals surface area contributed by atoms with Gasteiger partial charge in [-0.05, 0) is 24.3 Å². The minimum atomic E-state index is -0.432. The van der Waals surface area contributed by atoms with Gasteiger partial charge in [-0.1, -0.05) is 29.8 Å². The summed E-state index contributed by atoms with van der Waals surface area (Å²) in [6.45, 7) is 0. The second kappa shape index (κ2) is 9.43. The Hall–Kier alpha value is -3.06. The van der Waals surface area contributed by atoms with E-state index in [1.54, 1.807) is 42.5 Å². The number of ether oxygens (including phenoxy) is 1. The third kappa shape index (κ3) is 5.49. The van der Waals surface area contributed by atoms with Crippen molar-refractivity contribution in [1.29, 1.82) is 0 Å². The van der Waals surface area contributed by atoms with Gasteiger partial charge in [0.1, 0.15) is 0 Å². The van der Waals surface area contributed by atoms with E-state index in [4.69, 9.17) is 16.3 Å². The fraction of sp³-hybridized carbons (Fsp3) is 0.167. The normalized spacial score (nSPS) is 10.5. The summed E-state index contributed by atoms with van der Waals surface area (Å²) in [6, 6.07) is 11.7. The summed E-state index contributed by atoms with van der Waals surface area (Å²) in [5, 5.41) is 16.7. The van der Waals surface area contributed by atoms with Gasteiger partial charge in [0.2, 0.25) is 11.8 Å². The molecule has 0 spiro atoms. The largest absolute Gasteiger partial charge is 0.504 e. The molecule has 2 amide bonds. The van der Waals surface area contributed by atoms with Gasteiger partial charge in [-0.25, -0.2) is 5.43 Å². The van der Waals surface area contributed by atoms with E-state index in [2.05, 4.69) is 15.8 Å². The quantitative estimate of drug-likeness (QED) is 0.511. The number of aromatic hydroxyl groups is 1. The van der Waals surface area contributed by atoms with E-state index in [1.807, 2.05) is 0 Å². The van der Waals surface area contributed by atoms with Crippen LogP contribution in [0.1, 0.15) is 18.4 Å². The molecule has 0 heterocycles. The van der Waals surface area contributed by atoms with Crippen LogP contribution >= 0.6 is 11.6 Å². The number of hydrogen-bond acceptors (Lipinski definition) is 5. The van der Waals surface area contributed by atoms with Crippen molar-refractivity contribution in [1.82, 2.24) is 5.43 Å². The molecule has 0 aliphatic carbocycles. The molecule has 3 N–H and O–H groups in total. The molecular formula is C18H18ClN3O4. The van der Waals surface area contributed by atoms with E-state index >= 15 is 0 Å². The highest BCUT2D eigenvalue weighted by Gasteiger charge is 2.09. The lowest BCUT2D eigenvalue weighted by atomic mass is 10.2. The van der Waals surface area contributed by atoms with Crippen LogP contribution in [0, 0.1) is 0 Å². The van der Waals surface area contributed by atoms with Crippen LogP contribution in [0.2, 0.25) is 5.02 Å². The molecule has 0 fully saturated rings. The number of rotatable bonds is 7. The zero-order valence-corrected chi connectivity index (χ0v) is 14.8. The summed E-state index contributed by atoms with van der Waals surface area (Å²) < 4.78 is 4.98. The summed E-state index contributed by atoms with van der Waals surface area (Å²) in [5.41, 5.74) is 3.18. The van der Waals surface area contributed by atoms with Crippen molar-refractivity contribution in [2.75, 3.05) is 12.4 Å². The molecule has 0 saturated carbocycles. The Morgan fingerprint density at radius 2 is 1.88 bits per heavy atom. The number of para-hydroxylation sites is 2. The number of amides is 2. The van der Waals surface area contributed by atoms with E-state index in [1.165, 1.54) is 13.3 Å². The number of nitrogens with zero attached hydrogens (tertiary/aromatic N) is 1. The lowest BCUT2D eigenvalue weighted by Crippen LogP contribution is -2.20. The highest BCUT2D eigenvalue weighted by Crippen LogP contribution is 2.27. The number of methoxy groups -OCH3 is 1. The predicted molar refractivity (Wildman–Crippen MR) is 99.7 cm³/mol. The van der Waals surface area contributed by atoms with Gasteiger partial charge in [0.15, 0.2) is 11.5 Å². The zero-order valence-electron chi connectivity index (χ0n) is 14.0. The third-order valence-electron chi connectivity index (χ3n) is 3.37. The fourth-order valence-corrected chi connectivity index (χ4v) is 2.22. The molecule has 0 unspecified atom stereocenters. The number of hydrogen-bond donors (Lipinski definition) is 3. The van der Waals surface area contributed by atoms with Gasteiger partial charge >= 0.3 is 0 Å². The van der Waals surface area contributed by atoms with Gasteiger partial charge in [0.25, 0.3) is 0 Å². The van der Waals surface area contributed by atoms with Crippen molar-refractivity contribution >= 4 is 35.3 Å². The van der Waals surface area contributed by atoms with Gasteiger partial charge in [0.05, 0.1) is 24.0 Å². The molecule has 0 atom stereocenters. The average Bonchev–Trinajstić information content (AvgIpc) is 2.63. The Balaban J connectivity index is 1.80. The number of phenols is 1. The molecule has 0 aromatic heterocycles. The van der Waals surface area contributed by atoms with Crippen LogP contribution in [0.15, 0.2) is 47.6 Å². The maximum Gasteiger partial charge on any atom is 0.240 e. The van der Waals surface area contributed by atoms with E-state index in [9.17, 15) is 14.7 Å². The first kappa shape index (κ1) is 19.3. The summed E-state index contributed by atoms with van der Waals surface area (Å²) in [6.07, 6.45) is 1.23. The van der Waals surface area contributed by atoms with Gasteiger partial charge in [-0.2, -0.15) is 5.10 Å².